The van der Waals surface area contributed by atoms with Crippen molar-refractivity contribution in [3.8, 4) is 11.5 Å². The Balaban J connectivity index is 3.12. The summed E-state index contributed by atoms with van der Waals surface area (Å²) in [5.41, 5.74) is -11.7. The number of benzene rings is 1. The third kappa shape index (κ3) is 7.52. The highest BCUT2D eigenvalue weighted by molar-refractivity contribution is 7.88. The Labute approximate surface area is 170 Å². The molecule has 1 aromatic carbocycles. The summed E-state index contributed by atoms with van der Waals surface area (Å²) in [6.45, 7) is 1.99. The van der Waals surface area contributed by atoms with Gasteiger partial charge in [-0.1, -0.05) is 39.0 Å². The van der Waals surface area contributed by atoms with Crippen LogP contribution in [-0.4, -0.2) is 27.9 Å². The van der Waals surface area contributed by atoms with E-state index in [4.69, 9.17) is 0 Å². The fourth-order valence-electron chi connectivity index (χ4n) is 2.32. The van der Waals surface area contributed by atoms with Gasteiger partial charge in [0, 0.05) is 0 Å². The number of rotatable bonds is 11. The fraction of sp³-hybridized carbons (Fsp3) is 0.625. The number of alkyl halides is 6. The van der Waals surface area contributed by atoms with E-state index in [-0.39, 0.29) is 12.0 Å². The van der Waals surface area contributed by atoms with Gasteiger partial charge in [0.2, 0.25) is 0 Å². The summed E-state index contributed by atoms with van der Waals surface area (Å²) in [5, 5.41) is 0. The highest BCUT2D eigenvalue weighted by Crippen LogP contribution is 2.34. The second-order valence-corrected chi connectivity index (χ2v) is 9.33. The summed E-state index contributed by atoms with van der Waals surface area (Å²) in [6, 6.07) is 1.88. The van der Waals surface area contributed by atoms with E-state index in [1.807, 2.05) is 6.92 Å². The van der Waals surface area contributed by atoms with Gasteiger partial charge in [-0.25, -0.2) is 0 Å². The largest absolute Gasteiger partial charge is 0.534 e. The third-order valence-electron chi connectivity index (χ3n) is 3.80. The first kappa shape index (κ1) is 26.3. The van der Waals surface area contributed by atoms with Crippen LogP contribution in [0.4, 0.5) is 26.3 Å². The van der Waals surface area contributed by atoms with Gasteiger partial charge in [0.25, 0.3) is 0 Å². The molecule has 0 saturated carbocycles. The predicted octanol–water partition coefficient (Wildman–Crippen LogP) is 5.05. The van der Waals surface area contributed by atoms with Crippen molar-refractivity contribution in [1.29, 1.82) is 0 Å². The Morgan fingerprint density at radius 3 is 1.80 bits per heavy atom. The van der Waals surface area contributed by atoms with Crippen molar-refractivity contribution in [1.82, 2.24) is 0 Å². The van der Waals surface area contributed by atoms with E-state index in [0.717, 1.165) is 25.7 Å². The Hall–Kier alpha value is -1.70. The van der Waals surface area contributed by atoms with Gasteiger partial charge in [-0.2, -0.15) is 43.2 Å². The standard InChI is InChI=1S/C16H20F6O6S2/c1-2-3-4-5-6-7-8-12-11-13(27-29(23,24)15(17,18)19)9-10-14(12)28-30(25,26)16(20,21)22/h9-11H,2-8H2,1H3. The molecule has 1 aromatic rings. The molecule has 0 atom stereocenters. The first-order chi connectivity index (χ1) is 13.6. The monoisotopic (exact) mass is 486 g/mol. The number of halogens is 6. The first-order valence-electron chi connectivity index (χ1n) is 8.75. The summed E-state index contributed by atoms with van der Waals surface area (Å²) >= 11 is 0. The predicted molar refractivity (Wildman–Crippen MR) is 94.7 cm³/mol. The van der Waals surface area contributed by atoms with Crippen molar-refractivity contribution in [3.05, 3.63) is 23.8 Å². The molecule has 0 aliphatic carbocycles. The molecule has 0 fully saturated rings. The van der Waals surface area contributed by atoms with Crippen molar-refractivity contribution in [2.75, 3.05) is 0 Å². The Kier molecular flexibility index (Phi) is 8.84. The minimum Gasteiger partial charge on any atom is -0.376 e. The topological polar surface area (TPSA) is 86.7 Å². The van der Waals surface area contributed by atoms with Crippen LogP contribution >= 0.6 is 0 Å². The van der Waals surface area contributed by atoms with Crippen LogP contribution in [0, 0.1) is 0 Å². The maximum absolute atomic E-state index is 12.6. The van der Waals surface area contributed by atoms with Crippen LogP contribution in [0.15, 0.2) is 18.2 Å². The summed E-state index contributed by atoms with van der Waals surface area (Å²) in [7, 11) is -12.0. The lowest BCUT2D eigenvalue weighted by Crippen LogP contribution is -2.29. The van der Waals surface area contributed by atoms with Gasteiger partial charge < -0.3 is 8.37 Å². The molecule has 0 radical (unpaired) electrons. The Bertz CT molecular complexity index is 907. The minimum absolute atomic E-state index is 0.0713. The molecule has 14 heteroatoms. The van der Waals surface area contributed by atoms with E-state index >= 15 is 0 Å². The van der Waals surface area contributed by atoms with Crippen LogP contribution in [0.1, 0.15) is 51.0 Å². The number of unbranched alkanes of at least 4 members (excludes halogenated alkanes) is 5. The fourth-order valence-corrected chi connectivity index (χ4v) is 3.26. The molecule has 0 unspecified atom stereocenters. The zero-order chi connectivity index (χ0) is 23.2. The van der Waals surface area contributed by atoms with Gasteiger partial charge in [-0.15, -0.1) is 0 Å². The molecule has 0 N–H and O–H groups in total. The average molecular weight is 486 g/mol. The normalized spacial score (nSPS) is 13.3. The minimum atomic E-state index is -6.03. The van der Waals surface area contributed by atoms with E-state index < -0.39 is 42.8 Å². The zero-order valence-electron chi connectivity index (χ0n) is 15.7. The molecule has 0 aromatic heterocycles. The molecular formula is C16H20F6O6S2. The number of hydrogen-bond acceptors (Lipinski definition) is 6. The lowest BCUT2D eigenvalue weighted by Gasteiger charge is -2.15. The van der Waals surface area contributed by atoms with Crippen LogP contribution < -0.4 is 8.37 Å². The molecular weight excluding hydrogens is 466 g/mol. The molecule has 6 nitrogen and oxygen atoms in total. The first-order valence-corrected chi connectivity index (χ1v) is 11.6. The van der Waals surface area contributed by atoms with Gasteiger partial charge in [0.1, 0.15) is 11.5 Å². The molecule has 0 bridgehead atoms. The maximum Gasteiger partial charge on any atom is 0.534 e. The molecule has 0 aliphatic heterocycles. The summed E-state index contributed by atoms with van der Waals surface area (Å²) in [6.07, 6.45) is 4.51. The lowest BCUT2D eigenvalue weighted by molar-refractivity contribution is -0.0506. The highest BCUT2D eigenvalue weighted by Gasteiger charge is 2.49. The van der Waals surface area contributed by atoms with Crippen molar-refractivity contribution in [2.24, 2.45) is 0 Å². The molecule has 174 valence electrons. The third-order valence-corrected chi connectivity index (χ3v) is 5.75. The van der Waals surface area contributed by atoms with E-state index in [9.17, 15) is 43.2 Å². The van der Waals surface area contributed by atoms with Crippen molar-refractivity contribution < 1.29 is 51.5 Å². The number of hydrogen-bond donors (Lipinski definition) is 0. The molecule has 30 heavy (non-hydrogen) atoms. The second-order valence-electron chi connectivity index (χ2n) is 6.25. The van der Waals surface area contributed by atoms with Crippen LogP contribution in [0.3, 0.4) is 0 Å². The maximum atomic E-state index is 12.6. The van der Waals surface area contributed by atoms with Gasteiger partial charge in [0.15, 0.2) is 0 Å². The second kappa shape index (κ2) is 10.1. The molecule has 1 rings (SSSR count). The summed E-state index contributed by atoms with van der Waals surface area (Å²) in [4.78, 5) is 0. The van der Waals surface area contributed by atoms with Gasteiger partial charge >= 0.3 is 31.3 Å². The molecule has 0 amide bonds. The van der Waals surface area contributed by atoms with Crippen molar-refractivity contribution in [3.63, 3.8) is 0 Å². The molecule has 0 aliphatic rings. The quantitative estimate of drug-likeness (QED) is 0.188. The highest BCUT2D eigenvalue weighted by atomic mass is 32.2. The van der Waals surface area contributed by atoms with Crippen molar-refractivity contribution >= 4 is 20.2 Å². The van der Waals surface area contributed by atoms with E-state index in [1.54, 1.807) is 0 Å². The van der Waals surface area contributed by atoms with Crippen molar-refractivity contribution in [2.45, 2.75) is 62.9 Å². The summed E-state index contributed by atoms with van der Waals surface area (Å²) < 4.78 is 128. The van der Waals surface area contributed by atoms with Crippen LogP contribution in [-0.2, 0) is 26.7 Å². The van der Waals surface area contributed by atoms with Gasteiger partial charge in [0.05, 0.1) is 0 Å². The van der Waals surface area contributed by atoms with Crippen LogP contribution in [0.25, 0.3) is 0 Å². The van der Waals surface area contributed by atoms with E-state index in [1.165, 1.54) is 0 Å². The zero-order valence-corrected chi connectivity index (χ0v) is 17.3. The molecule has 0 saturated heterocycles. The van der Waals surface area contributed by atoms with E-state index in [0.29, 0.717) is 31.0 Å². The Morgan fingerprint density at radius 1 is 0.767 bits per heavy atom. The van der Waals surface area contributed by atoms with E-state index in [2.05, 4.69) is 8.37 Å². The van der Waals surface area contributed by atoms with Crippen LogP contribution in [0.5, 0.6) is 11.5 Å². The van der Waals surface area contributed by atoms with Gasteiger partial charge in [-0.3, -0.25) is 0 Å². The average Bonchev–Trinajstić information content (AvgIpc) is 2.57. The number of aryl methyl sites for hydroxylation is 1. The lowest BCUT2D eigenvalue weighted by atomic mass is 10.0. The molecule has 0 spiro atoms. The smallest absolute Gasteiger partial charge is 0.376 e. The van der Waals surface area contributed by atoms with Crippen LogP contribution in [0.2, 0.25) is 0 Å². The SMILES string of the molecule is CCCCCCCCc1cc(OS(=O)(=O)C(F)(F)F)ccc1OS(=O)(=O)C(F)(F)F. The summed E-state index contributed by atoms with van der Waals surface area (Å²) in [5.74, 6) is -1.62. The molecule has 0 heterocycles. The Morgan fingerprint density at radius 2 is 1.27 bits per heavy atom. The van der Waals surface area contributed by atoms with Gasteiger partial charge in [-0.05, 0) is 36.6 Å².